The maximum Gasteiger partial charge on any atom is 0.341 e. The molecule has 4 nitrogen and oxygen atoms in total. The largest absolute Gasteiger partial charge is 0.462 e. The van der Waals surface area contributed by atoms with E-state index in [0.717, 1.165) is 30.6 Å². The lowest BCUT2D eigenvalue weighted by Crippen LogP contribution is -2.25. The molecule has 0 spiro atoms. The molecule has 1 heterocycles. The molecule has 0 unspecified atom stereocenters. The fraction of sp³-hybridized carbons (Fsp3) is 0.647. The number of esters is 1. The summed E-state index contributed by atoms with van der Waals surface area (Å²) in [4.78, 5) is 25.6. The van der Waals surface area contributed by atoms with Crippen molar-refractivity contribution in [3.8, 4) is 0 Å². The van der Waals surface area contributed by atoms with Crippen LogP contribution in [0.2, 0.25) is 0 Å². The maximum atomic E-state index is 12.4. The molecule has 0 aromatic carbocycles. The van der Waals surface area contributed by atoms with Gasteiger partial charge in [-0.05, 0) is 31.7 Å². The fourth-order valence-electron chi connectivity index (χ4n) is 2.73. The summed E-state index contributed by atoms with van der Waals surface area (Å²) < 4.78 is 5.11. The molecule has 0 bridgehead atoms. The summed E-state index contributed by atoms with van der Waals surface area (Å²) in [6.45, 7) is 6.27. The van der Waals surface area contributed by atoms with E-state index < -0.39 is 0 Å². The monoisotopic (exact) mass is 323 g/mol. The van der Waals surface area contributed by atoms with Gasteiger partial charge in [-0.15, -0.1) is 11.3 Å². The number of nitrogens with one attached hydrogen (secondary N) is 1. The Hall–Kier alpha value is -1.36. The lowest BCUT2D eigenvalue weighted by molar-refractivity contribution is -0.120. The fourth-order valence-corrected chi connectivity index (χ4v) is 3.78. The van der Waals surface area contributed by atoms with E-state index in [9.17, 15) is 9.59 Å². The summed E-state index contributed by atoms with van der Waals surface area (Å²) >= 11 is 1.48. The van der Waals surface area contributed by atoms with Crippen molar-refractivity contribution >= 4 is 28.2 Å². The average molecular weight is 323 g/mol. The molecule has 1 N–H and O–H groups in total. The molecule has 2 rings (SSSR count). The van der Waals surface area contributed by atoms with Crippen molar-refractivity contribution in [2.75, 3.05) is 11.9 Å². The van der Waals surface area contributed by atoms with Crippen LogP contribution in [0.1, 0.15) is 74.0 Å². The smallest absolute Gasteiger partial charge is 0.341 e. The van der Waals surface area contributed by atoms with Gasteiger partial charge in [-0.1, -0.05) is 33.1 Å². The van der Waals surface area contributed by atoms with Crippen molar-refractivity contribution in [1.82, 2.24) is 0 Å². The SMILES string of the molecule is CCOC(=O)c1cc(C(C)C)sc1NC(=O)C1CCCCC1. The van der Waals surface area contributed by atoms with Crippen molar-refractivity contribution < 1.29 is 14.3 Å². The summed E-state index contributed by atoms with van der Waals surface area (Å²) in [7, 11) is 0. The van der Waals surface area contributed by atoms with Gasteiger partial charge in [0.1, 0.15) is 5.00 Å². The number of carbonyl (C=O) groups excluding carboxylic acids is 2. The Balaban J connectivity index is 2.16. The molecular weight excluding hydrogens is 298 g/mol. The summed E-state index contributed by atoms with van der Waals surface area (Å²) in [5, 5.41) is 3.61. The highest BCUT2D eigenvalue weighted by molar-refractivity contribution is 7.16. The van der Waals surface area contributed by atoms with E-state index in [-0.39, 0.29) is 17.8 Å². The number of hydrogen-bond donors (Lipinski definition) is 1. The maximum absolute atomic E-state index is 12.4. The Morgan fingerprint density at radius 2 is 2.00 bits per heavy atom. The molecule has 1 aliphatic carbocycles. The van der Waals surface area contributed by atoms with Gasteiger partial charge < -0.3 is 10.1 Å². The van der Waals surface area contributed by atoms with Gasteiger partial charge in [0.2, 0.25) is 5.91 Å². The number of amides is 1. The zero-order valence-electron chi connectivity index (χ0n) is 13.6. The van der Waals surface area contributed by atoms with E-state index in [2.05, 4.69) is 19.2 Å². The Bertz CT molecular complexity index is 530. The first-order valence-electron chi connectivity index (χ1n) is 8.14. The second-order valence-corrected chi connectivity index (χ2v) is 7.17. The summed E-state index contributed by atoms with van der Waals surface area (Å²) in [5.74, 6) is 0.0823. The van der Waals surface area contributed by atoms with Gasteiger partial charge in [0, 0.05) is 10.8 Å². The van der Waals surface area contributed by atoms with Crippen LogP contribution in [0.25, 0.3) is 0 Å². The third-order valence-electron chi connectivity index (χ3n) is 4.03. The minimum atomic E-state index is -0.357. The van der Waals surface area contributed by atoms with E-state index >= 15 is 0 Å². The third-order valence-corrected chi connectivity index (χ3v) is 5.38. The predicted octanol–water partition coefficient (Wildman–Crippen LogP) is 4.57. The summed E-state index contributed by atoms with van der Waals surface area (Å²) in [6.07, 6.45) is 5.34. The molecule has 0 radical (unpaired) electrons. The first-order chi connectivity index (χ1) is 10.5. The zero-order chi connectivity index (χ0) is 16.1. The predicted molar refractivity (Wildman–Crippen MR) is 89.6 cm³/mol. The Morgan fingerprint density at radius 3 is 2.59 bits per heavy atom. The first-order valence-corrected chi connectivity index (χ1v) is 8.96. The number of thiophene rings is 1. The van der Waals surface area contributed by atoms with Crippen molar-refractivity contribution in [1.29, 1.82) is 0 Å². The normalized spacial score (nSPS) is 15.8. The van der Waals surface area contributed by atoms with Crippen LogP contribution in [0.3, 0.4) is 0 Å². The summed E-state index contributed by atoms with van der Waals surface area (Å²) in [5.41, 5.74) is 0.486. The minimum absolute atomic E-state index is 0.0439. The van der Waals surface area contributed by atoms with Crippen LogP contribution in [0, 0.1) is 5.92 Å². The molecule has 1 amide bonds. The van der Waals surface area contributed by atoms with Crippen LogP contribution in [-0.4, -0.2) is 18.5 Å². The molecule has 1 aliphatic rings. The molecule has 5 heteroatoms. The Labute approximate surface area is 136 Å². The van der Waals surface area contributed by atoms with Crippen LogP contribution >= 0.6 is 11.3 Å². The van der Waals surface area contributed by atoms with Gasteiger partial charge in [-0.3, -0.25) is 4.79 Å². The van der Waals surface area contributed by atoms with E-state index in [1.165, 1.54) is 17.8 Å². The van der Waals surface area contributed by atoms with E-state index in [4.69, 9.17) is 4.74 Å². The topological polar surface area (TPSA) is 55.4 Å². The lowest BCUT2D eigenvalue weighted by atomic mass is 9.89. The highest BCUT2D eigenvalue weighted by atomic mass is 32.1. The van der Waals surface area contributed by atoms with Gasteiger partial charge in [0.15, 0.2) is 0 Å². The highest BCUT2D eigenvalue weighted by Gasteiger charge is 2.25. The van der Waals surface area contributed by atoms with Crippen LogP contribution in [-0.2, 0) is 9.53 Å². The molecule has 1 fully saturated rings. The van der Waals surface area contributed by atoms with Crippen molar-refractivity contribution in [2.45, 2.75) is 58.8 Å². The number of rotatable bonds is 5. The van der Waals surface area contributed by atoms with Crippen LogP contribution in [0.4, 0.5) is 5.00 Å². The number of hydrogen-bond acceptors (Lipinski definition) is 4. The minimum Gasteiger partial charge on any atom is -0.462 e. The molecule has 0 aliphatic heterocycles. The number of ether oxygens (including phenoxy) is 1. The van der Waals surface area contributed by atoms with Gasteiger partial charge in [0.05, 0.1) is 12.2 Å². The molecule has 0 atom stereocenters. The number of carbonyl (C=O) groups is 2. The standard InChI is InChI=1S/C17H25NO3S/c1-4-21-17(20)13-10-14(11(2)3)22-16(13)18-15(19)12-8-6-5-7-9-12/h10-12H,4-9H2,1-3H3,(H,18,19). The second kappa shape index (κ2) is 7.77. The van der Waals surface area contributed by atoms with E-state index in [1.807, 2.05) is 6.07 Å². The van der Waals surface area contributed by atoms with E-state index in [1.54, 1.807) is 6.92 Å². The van der Waals surface area contributed by atoms with Crippen molar-refractivity contribution in [3.05, 3.63) is 16.5 Å². The van der Waals surface area contributed by atoms with Gasteiger partial charge in [-0.2, -0.15) is 0 Å². The van der Waals surface area contributed by atoms with Gasteiger partial charge in [0.25, 0.3) is 0 Å². The molecule has 0 saturated heterocycles. The zero-order valence-corrected chi connectivity index (χ0v) is 14.4. The lowest BCUT2D eigenvalue weighted by Gasteiger charge is -2.20. The Kier molecular flexibility index (Phi) is 6.00. The van der Waals surface area contributed by atoms with Crippen molar-refractivity contribution in [3.63, 3.8) is 0 Å². The highest BCUT2D eigenvalue weighted by Crippen LogP contribution is 2.34. The quantitative estimate of drug-likeness (QED) is 0.808. The third kappa shape index (κ3) is 4.09. The molecule has 1 aromatic rings. The van der Waals surface area contributed by atoms with Crippen LogP contribution < -0.4 is 5.32 Å². The number of anilines is 1. The van der Waals surface area contributed by atoms with Crippen LogP contribution in [0.15, 0.2) is 6.07 Å². The van der Waals surface area contributed by atoms with E-state index in [0.29, 0.717) is 23.1 Å². The molecule has 1 saturated carbocycles. The first kappa shape index (κ1) is 17.0. The second-order valence-electron chi connectivity index (χ2n) is 6.09. The Morgan fingerprint density at radius 1 is 1.32 bits per heavy atom. The van der Waals surface area contributed by atoms with Gasteiger partial charge in [-0.25, -0.2) is 4.79 Å². The average Bonchev–Trinajstić information content (AvgIpc) is 2.92. The van der Waals surface area contributed by atoms with Crippen molar-refractivity contribution in [2.24, 2.45) is 5.92 Å². The molecule has 22 heavy (non-hydrogen) atoms. The molecule has 122 valence electrons. The van der Waals surface area contributed by atoms with Gasteiger partial charge >= 0.3 is 5.97 Å². The molecule has 1 aromatic heterocycles. The summed E-state index contributed by atoms with van der Waals surface area (Å²) in [6, 6.07) is 1.85. The van der Waals surface area contributed by atoms with Crippen LogP contribution in [0.5, 0.6) is 0 Å². The molecular formula is C17H25NO3S.